The smallest absolute Gasteiger partial charge is 0.240 e. The Bertz CT molecular complexity index is 241. The summed E-state index contributed by atoms with van der Waals surface area (Å²) < 4.78 is 1.75. The van der Waals surface area contributed by atoms with Crippen molar-refractivity contribution in [3.8, 4) is 0 Å². The minimum Gasteiger partial charge on any atom is -0.342 e. The number of hydrogen-bond acceptors (Lipinski definition) is 3. The maximum atomic E-state index is 11.9. The van der Waals surface area contributed by atoms with Crippen LogP contribution in [0.2, 0.25) is 0 Å². The number of amides is 1. The second kappa shape index (κ2) is 4.85. The van der Waals surface area contributed by atoms with Gasteiger partial charge < -0.3 is 4.90 Å². The normalized spacial score (nSPS) is 22.8. The van der Waals surface area contributed by atoms with Gasteiger partial charge in [0.15, 0.2) is 0 Å². The third-order valence-electron chi connectivity index (χ3n) is 2.54. The zero-order valence-electron chi connectivity index (χ0n) is 8.69. The lowest BCUT2D eigenvalue weighted by Gasteiger charge is -2.25. The molecule has 2 atom stereocenters. The molecular weight excluding hydrogens is 199 g/mol. The highest BCUT2D eigenvalue weighted by atomic mass is 31.0. The molecule has 14 heavy (non-hydrogen) atoms. The number of likely N-dealkylation sites (N-methyl/N-ethyl adjacent to an activating group) is 1. The van der Waals surface area contributed by atoms with Gasteiger partial charge >= 0.3 is 0 Å². The molecule has 0 aromatic heterocycles. The molecule has 0 aliphatic carbocycles. The van der Waals surface area contributed by atoms with Crippen LogP contribution in [0.4, 0.5) is 0 Å². The van der Waals surface area contributed by atoms with Gasteiger partial charge in [0.2, 0.25) is 5.91 Å². The monoisotopic (exact) mass is 216 g/mol. The summed E-state index contributed by atoms with van der Waals surface area (Å²) in [5.74, 6) is 0.210. The van der Waals surface area contributed by atoms with Crippen molar-refractivity contribution in [2.24, 2.45) is 0 Å². The highest BCUT2D eigenvalue weighted by molar-refractivity contribution is 7.13. The van der Waals surface area contributed by atoms with Crippen LogP contribution in [0.3, 0.4) is 0 Å². The number of Topliss-reactive ketones (excluding diaryl/α,β-unsaturated/α-hetero) is 1. The maximum Gasteiger partial charge on any atom is 0.240 e. The Hall–Kier alpha value is -0.470. The van der Waals surface area contributed by atoms with E-state index in [1.807, 2.05) is 13.8 Å². The second-order valence-corrected chi connectivity index (χ2v) is 4.10. The highest BCUT2D eigenvalue weighted by Crippen LogP contribution is 2.20. The Morgan fingerprint density at radius 1 is 1.57 bits per heavy atom. The van der Waals surface area contributed by atoms with Crippen LogP contribution in [0, 0.1) is 0 Å². The molecule has 80 valence electrons. The SMILES string of the molecule is CCN(CC)C(=O)[C@@H]1CC(=O)CN1P. The molecule has 0 saturated carbocycles. The Morgan fingerprint density at radius 2 is 2.14 bits per heavy atom. The molecule has 0 spiro atoms. The van der Waals surface area contributed by atoms with Crippen molar-refractivity contribution in [3.05, 3.63) is 0 Å². The average Bonchev–Trinajstić information content (AvgIpc) is 2.47. The number of rotatable bonds is 3. The molecule has 0 radical (unpaired) electrons. The third-order valence-corrected chi connectivity index (χ3v) is 3.08. The van der Waals surface area contributed by atoms with Crippen LogP contribution in [-0.4, -0.2) is 46.9 Å². The molecule has 1 heterocycles. The van der Waals surface area contributed by atoms with E-state index in [1.54, 1.807) is 9.57 Å². The molecule has 1 unspecified atom stereocenters. The fourth-order valence-corrected chi connectivity index (χ4v) is 2.12. The summed E-state index contributed by atoms with van der Waals surface area (Å²) in [6, 6.07) is -0.257. The molecule has 4 nitrogen and oxygen atoms in total. The van der Waals surface area contributed by atoms with Crippen molar-refractivity contribution in [1.29, 1.82) is 0 Å². The fraction of sp³-hybridized carbons (Fsp3) is 0.778. The first kappa shape index (κ1) is 11.6. The van der Waals surface area contributed by atoms with Gasteiger partial charge in [-0.2, -0.15) is 0 Å². The summed E-state index contributed by atoms with van der Waals surface area (Å²) in [5.41, 5.74) is 0. The third kappa shape index (κ3) is 2.31. The number of hydrogen-bond donors (Lipinski definition) is 0. The van der Waals surface area contributed by atoms with Gasteiger partial charge in [0.25, 0.3) is 0 Å². The summed E-state index contributed by atoms with van der Waals surface area (Å²) in [4.78, 5) is 24.8. The number of carbonyl (C=O) groups excluding carboxylic acids is 2. The molecular formula is C9H17N2O2P. The van der Waals surface area contributed by atoms with Crippen molar-refractivity contribution in [2.45, 2.75) is 26.3 Å². The number of carbonyl (C=O) groups is 2. The minimum absolute atomic E-state index is 0.0656. The van der Waals surface area contributed by atoms with Gasteiger partial charge in [0.1, 0.15) is 5.78 Å². The van der Waals surface area contributed by atoms with E-state index < -0.39 is 0 Å². The summed E-state index contributed by atoms with van der Waals surface area (Å²) in [6.07, 6.45) is 0.360. The zero-order chi connectivity index (χ0) is 10.7. The van der Waals surface area contributed by atoms with E-state index in [4.69, 9.17) is 0 Å². The first-order chi connectivity index (χ1) is 6.60. The lowest BCUT2D eigenvalue weighted by atomic mass is 10.2. The molecule has 0 bridgehead atoms. The molecule has 1 rings (SSSR count). The van der Waals surface area contributed by atoms with E-state index in [2.05, 4.69) is 9.39 Å². The average molecular weight is 216 g/mol. The highest BCUT2D eigenvalue weighted by Gasteiger charge is 2.35. The molecule has 1 saturated heterocycles. The molecule has 1 aliphatic heterocycles. The van der Waals surface area contributed by atoms with Gasteiger partial charge in [-0.05, 0) is 13.8 Å². The molecule has 5 heteroatoms. The van der Waals surface area contributed by atoms with Crippen LogP contribution in [-0.2, 0) is 9.59 Å². The van der Waals surface area contributed by atoms with Crippen LogP contribution in [0.15, 0.2) is 0 Å². The van der Waals surface area contributed by atoms with Crippen molar-refractivity contribution >= 4 is 21.1 Å². The molecule has 1 fully saturated rings. The van der Waals surface area contributed by atoms with E-state index in [1.165, 1.54) is 0 Å². The lowest BCUT2D eigenvalue weighted by molar-refractivity contribution is -0.134. The quantitative estimate of drug-likeness (QED) is 0.636. The van der Waals surface area contributed by atoms with Crippen LogP contribution in [0.5, 0.6) is 0 Å². The van der Waals surface area contributed by atoms with Crippen molar-refractivity contribution in [3.63, 3.8) is 0 Å². The first-order valence-electron chi connectivity index (χ1n) is 4.92. The molecule has 1 aliphatic rings. The summed E-state index contributed by atoms with van der Waals surface area (Å²) in [6.45, 7) is 5.69. The molecule has 0 aromatic carbocycles. The minimum atomic E-state index is -0.257. The lowest BCUT2D eigenvalue weighted by Crippen LogP contribution is -2.42. The molecule has 0 N–H and O–H groups in total. The summed E-state index contributed by atoms with van der Waals surface area (Å²) >= 11 is 0. The Morgan fingerprint density at radius 3 is 2.50 bits per heavy atom. The Kier molecular flexibility index (Phi) is 4.02. The molecule has 1 amide bonds. The first-order valence-corrected chi connectivity index (χ1v) is 5.43. The van der Waals surface area contributed by atoms with Gasteiger partial charge in [-0.15, -0.1) is 0 Å². The number of ketones is 1. The van der Waals surface area contributed by atoms with Crippen molar-refractivity contribution in [2.75, 3.05) is 19.6 Å². The van der Waals surface area contributed by atoms with Crippen molar-refractivity contribution < 1.29 is 9.59 Å². The Labute approximate surface area is 86.9 Å². The number of nitrogens with zero attached hydrogens (tertiary/aromatic N) is 2. The zero-order valence-corrected chi connectivity index (χ0v) is 9.85. The van der Waals surface area contributed by atoms with Crippen LogP contribution in [0.1, 0.15) is 20.3 Å². The van der Waals surface area contributed by atoms with Crippen LogP contribution < -0.4 is 0 Å². The second-order valence-electron chi connectivity index (χ2n) is 3.44. The van der Waals surface area contributed by atoms with E-state index in [9.17, 15) is 9.59 Å². The summed E-state index contributed by atoms with van der Waals surface area (Å²) in [5, 5.41) is 0. The molecule has 0 aromatic rings. The predicted octanol–water partition coefficient (Wildman–Crippen LogP) is 0.288. The van der Waals surface area contributed by atoms with Gasteiger partial charge in [-0.25, -0.2) is 0 Å². The van der Waals surface area contributed by atoms with Gasteiger partial charge in [0, 0.05) is 19.5 Å². The van der Waals surface area contributed by atoms with E-state index in [0.29, 0.717) is 26.1 Å². The van der Waals surface area contributed by atoms with E-state index in [-0.39, 0.29) is 17.7 Å². The van der Waals surface area contributed by atoms with Crippen LogP contribution >= 0.6 is 9.39 Å². The van der Waals surface area contributed by atoms with Gasteiger partial charge in [0.05, 0.1) is 12.6 Å². The predicted molar refractivity (Wildman–Crippen MR) is 57.8 cm³/mol. The Balaban J connectivity index is 2.64. The van der Waals surface area contributed by atoms with Gasteiger partial charge in [-0.1, -0.05) is 9.39 Å². The topological polar surface area (TPSA) is 40.6 Å². The maximum absolute atomic E-state index is 11.9. The fourth-order valence-electron chi connectivity index (χ4n) is 1.69. The van der Waals surface area contributed by atoms with Crippen LogP contribution in [0.25, 0.3) is 0 Å². The largest absolute Gasteiger partial charge is 0.342 e. The van der Waals surface area contributed by atoms with Gasteiger partial charge in [-0.3, -0.25) is 14.3 Å². The van der Waals surface area contributed by atoms with E-state index in [0.717, 1.165) is 0 Å². The summed E-state index contributed by atoms with van der Waals surface area (Å²) in [7, 11) is 2.46. The van der Waals surface area contributed by atoms with Crippen molar-refractivity contribution in [1.82, 2.24) is 9.57 Å². The van der Waals surface area contributed by atoms with E-state index >= 15 is 0 Å². The standard InChI is InChI=1S/C9H17N2O2P/c1-3-10(4-2)9(13)8-5-7(12)6-11(8)14/h8H,3-6,14H2,1-2H3/t8-/m0/s1.